The highest BCUT2D eigenvalue weighted by Crippen LogP contribution is 2.25. The van der Waals surface area contributed by atoms with E-state index in [0.717, 1.165) is 12.8 Å². The number of rotatable bonds is 3. The molecule has 1 aromatic rings. The first-order chi connectivity index (χ1) is 8.90. The van der Waals surface area contributed by atoms with Gasteiger partial charge in [0.25, 0.3) is 0 Å². The van der Waals surface area contributed by atoms with Crippen LogP contribution in [0.3, 0.4) is 0 Å². The van der Waals surface area contributed by atoms with Crippen LogP contribution in [0.25, 0.3) is 0 Å². The predicted molar refractivity (Wildman–Crippen MR) is 73.3 cm³/mol. The van der Waals surface area contributed by atoms with Crippen LogP contribution in [0.1, 0.15) is 19.8 Å². The van der Waals surface area contributed by atoms with E-state index < -0.39 is 16.0 Å². The molecule has 0 radical (unpaired) electrons. The van der Waals surface area contributed by atoms with Crippen LogP contribution in [0, 0.1) is 11.7 Å². The van der Waals surface area contributed by atoms with Crippen molar-refractivity contribution in [3.8, 4) is 0 Å². The number of nitrogens with one attached hydrogen (secondary N) is 1. The van der Waals surface area contributed by atoms with Crippen molar-refractivity contribution in [2.45, 2.75) is 19.8 Å². The van der Waals surface area contributed by atoms with Crippen molar-refractivity contribution in [1.82, 2.24) is 4.31 Å². The van der Waals surface area contributed by atoms with Gasteiger partial charge in [0, 0.05) is 13.1 Å². The van der Waals surface area contributed by atoms with Crippen LogP contribution in [0.15, 0.2) is 18.2 Å². The van der Waals surface area contributed by atoms with E-state index in [1.165, 1.54) is 22.5 Å². The minimum atomic E-state index is -3.75. The zero-order valence-electron chi connectivity index (χ0n) is 10.8. The second-order valence-corrected chi connectivity index (χ2v) is 6.59. The molecule has 1 atom stereocenters. The molecule has 3 N–H and O–H groups in total. The van der Waals surface area contributed by atoms with Crippen molar-refractivity contribution >= 4 is 21.6 Å². The molecule has 0 aliphatic carbocycles. The Morgan fingerprint density at radius 3 is 2.84 bits per heavy atom. The molecular weight excluding hydrogens is 269 g/mol. The lowest BCUT2D eigenvalue weighted by molar-refractivity contribution is 0.282. The molecule has 1 aromatic carbocycles. The largest absolute Gasteiger partial charge is 0.397 e. The molecule has 7 heteroatoms. The number of benzene rings is 1. The highest BCUT2D eigenvalue weighted by atomic mass is 32.2. The van der Waals surface area contributed by atoms with Crippen LogP contribution in [0.5, 0.6) is 0 Å². The van der Waals surface area contributed by atoms with Gasteiger partial charge < -0.3 is 5.73 Å². The van der Waals surface area contributed by atoms with Crippen LogP contribution >= 0.6 is 0 Å². The van der Waals surface area contributed by atoms with Crippen molar-refractivity contribution < 1.29 is 12.8 Å². The molecule has 1 unspecified atom stereocenters. The van der Waals surface area contributed by atoms with Gasteiger partial charge in [-0.15, -0.1) is 0 Å². The Hall–Kier alpha value is -1.34. The quantitative estimate of drug-likeness (QED) is 0.832. The molecule has 5 nitrogen and oxygen atoms in total. The summed E-state index contributed by atoms with van der Waals surface area (Å²) in [6.07, 6.45) is 1.82. The van der Waals surface area contributed by atoms with Gasteiger partial charge in [-0.25, -0.2) is 4.39 Å². The summed E-state index contributed by atoms with van der Waals surface area (Å²) in [6, 6.07) is 4.07. The first-order valence-electron chi connectivity index (χ1n) is 6.22. The van der Waals surface area contributed by atoms with Gasteiger partial charge in [-0.1, -0.05) is 13.0 Å². The number of hydrogen-bond acceptors (Lipinski definition) is 3. The SMILES string of the molecule is CC1CCCN(S(=O)(=O)Nc2c(N)cccc2F)C1. The predicted octanol–water partition coefficient (Wildman–Crippen LogP) is 1.80. The average Bonchev–Trinajstić information content (AvgIpc) is 2.34. The summed E-state index contributed by atoms with van der Waals surface area (Å²) in [5.41, 5.74) is 5.50. The smallest absolute Gasteiger partial charge is 0.301 e. The summed E-state index contributed by atoms with van der Waals surface area (Å²) in [7, 11) is -3.75. The van der Waals surface area contributed by atoms with Crippen molar-refractivity contribution in [3.63, 3.8) is 0 Å². The summed E-state index contributed by atoms with van der Waals surface area (Å²) in [5, 5.41) is 0. The standard InChI is InChI=1S/C12H18FN3O2S/c1-9-4-3-7-16(8-9)19(17,18)15-12-10(13)5-2-6-11(12)14/h2,5-6,9,15H,3-4,7-8,14H2,1H3. The molecule has 0 amide bonds. The van der Waals surface area contributed by atoms with Crippen molar-refractivity contribution in [3.05, 3.63) is 24.0 Å². The van der Waals surface area contributed by atoms with Gasteiger partial charge in [-0.05, 0) is 30.9 Å². The van der Waals surface area contributed by atoms with Gasteiger partial charge in [0.05, 0.1) is 5.69 Å². The molecule has 19 heavy (non-hydrogen) atoms. The molecule has 1 saturated heterocycles. The van der Waals surface area contributed by atoms with E-state index in [4.69, 9.17) is 5.73 Å². The number of hydrogen-bond donors (Lipinski definition) is 2. The third kappa shape index (κ3) is 3.16. The number of nitrogen functional groups attached to an aromatic ring is 1. The average molecular weight is 287 g/mol. The Morgan fingerprint density at radius 1 is 1.47 bits per heavy atom. The number of anilines is 2. The van der Waals surface area contributed by atoms with E-state index in [1.807, 2.05) is 6.92 Å². The lowest BCUT2D eigenvalue weighted by Crippen LogP contribution is -2.42. The maximum atomic E-state index is 13.6. The summed E-state index contributed by atoms with van der Waals surface area (Å²) >= 11 is 0. The summed E-state index contributed by atoms with van der Waals surface area (Å²) < 4.78 is 41.6. The molecule has 106 valence electrons. The number of para-hydroxylation sites is 1. The molecule has 0 saturated carbocycles. The zero-order chi connectivity index (χ0) is 14.0. The monoisotopic (exact) mass is 287 g/mol. The van der Waals surface area contributed by atoms with Crippen molar-refractivity contribution in [1.29, 1.82) is 0 Å². The fourth-order valence-corrected chi connectivity index (χ4v) is 3.63. The number of halogens is 1. The molecule has 1 aliphatic heterocycles. The van der Waals surface area contributed by atoms with Gasteiger partial charge in [0.2, 0.25) is 0 Å². The molecule has 0 bridgehead atoms. The molecule has 1 heterocycles. The van der Waals surface area contributed by atoms with Crippen LogP contribution in [0.2, 0.25) is 0 Å². The molecule has 0 spiro atoms. The van der Waals surface area contributed by atoms with E-state index in [0.29, 0.717) is 19.0 Å². The number of piperidine rings is 1. The van der Waals surface area contributed by atoms with Crippen LogP contribution < -0.4 is 10.5 Å². The summed E-state index contributed by atoms with van der Waals surface area (Å²) in [5.74, 6) is -0.364. The van der Waals surface area contributed by atoms with E-state index in [1.54, 1.807) is 0 Å². The van der Waals surface area contributed by atoms with Gasteiger partial charge >= 0.3 is 10.2 Å². The van der Waals surface area contributed by atoms with Crippen LogP contribution in [-0.4, -0.2) is 25.8 Å². The zero-order valence-corrected chi connectivity index (χ0v) is 11.6. The lowest BCUT2D eigenvalue weighted by atomic mass is 10.0. The van der Waals surface area contributed by atoms with Gasteiger partial charge in [0.15, 0.2) is 0 Å². The first kappa shape index (κ1) is 14.1. The molecule has 2 rings (SSSR count). The lowest BCUT2D eigenvalue weighted by Gasteiger charge is -2.30. The fourth-order valence-electron chi connectivity index (χ4n) is 2.21. The molecule has 1 fully saturated rings. The van der Waals surface area contributed by atoms with E-state index >= 15 is 0 Å². The van der Waals surface area contributed by atoms with Crippen molar-refractivity contribution in [2.75, 3.05) is 23.5 Å². The second kappa shape index (κ2) is 5.34. The fraction of sp³-hybridized carbons (Fsp3) is 0.500. The van der Waals surface area contributed by atoms with E-state index in [-0.39, 0.29) is 11.4 Å². The highest BCUT2D eigenvalue weighted by Gasteiger charge is 2.28. The van der Waals surface area contributed by atoms with Gasteiger partial charge in [0.1, 0.15) is 11.5 Å². The second-order valence-electron chi connectivity index (χ2n) is 4.92. The minimum absolute atomic E-state index is 0.0774. The Labute approximate surface area is 112 Å². The molecular formula is C12H18FN3O2S. The van der Waals surface area contributed by atoms with E-state index in [9.17, 15) is 12.8 Å². The number of nitrogens with two attached hydrogens (primary N) is 1. The Kier molecular flexibility index (Phi) is 3.96. The van der Waals surface area contributed by atoms with Crippen LogP contribution in [0.4, 0.5) is 15.8 Å². The third-order valence-electron chi connectivity index (χ3n) is 3.24. The Bertz CT molecular complexity index is 542. The summed E-state index contributed by atoms with van der Waals surface area (Å²) in [6.45, 7) is 2.90. The highest BCUT2D eigenvalue weighted by molar-refractivity contribution is 7.90. The maximum Gasteiger partial charge on any atom is 0.301 e. The van der Waals surface area contributed by atoms with Gasteiger partial charge in [-0.3, -0.25) is 4.72 Å². The minimum Gasteiger partial charge on any atom is -0.397 e. The van der Waals surface area contributed by atoms with Crippen molar-refractivity contribution in [2.24, 2.45) is 5.92 Å². The molecule has 0 aromatic heterocycles. The molecule has 1 aliphatic rings. The Balaban J connectivity index is 2.21. The Morgan fingerprint density at radius 2 is 2.21 bits per heavy atom. The summed E-state index contributed by atoms with van der Waals surface area (Å²) in [4.78, 5) is 0. The topological polar surface area (TPSA) is 75.4 Å². The number of nitrogens with zero attached hydrogens (tertiary/aromatic N) is 1. The van der Waals surface area contributed by atoms with Gasteiger partial charge in [-0.2, -0.15) is 12.7 Å². The first-order valence-corrected chi connectivity index (χ1v) is 7.66. The normalized spacial score (nSPS) is 21.3. The third-order valence-corrected chi connectivity index (χ3v) is 4.71. The van der Waals surface area contributed by atoms with E-state index in [2.05, 4.69) is 4.72 Å². The maximum absolute atomic E-state index is 13.6. The van der Waals surface area contributed by atoms with Crippen LogP contribution in [-0.2, 0) is 10.2 Å².